The maximum Gasteiger partial charge on any atom is 0.322 e. The average molecular weight is 436 g/mol. The van der Waals surface area contributed by atoms with E-state index in [2.05, 4.69) is 5.32 Å². The Balaban J connectivity index is 5.23. The molecule has 0 aliphatic heterocycles. The lowest BCUT2D eigenvalue weighted by atomic mass is 10.1. The van der Waals surface area contributed by atoms with E-state index >= 15 is 0 Å². The largest absolute Gasteiger partial charge is 0.481 e. The first-order chi connectivity index (χ1) is 13.5. The van der Waals surface area contributed by atoms with Gasteiger partial charge in [-0.1, -0.05) is 0 Å². The molecular weight excluding hydrogens is 412 g/mol. The van der Waals surface area contributed by atoms with Crippen molar-refractivity contribution in [1.29, 1.82) is 0 Å². The zero-order chi connectivity index (χ0) is 22.6. The van der Waals surface area contributed by atoms with Crippen molar-refractivity contribution >= 4 is 47.4 Å². The quantitative estimate of drug-likeness (QED) is 0.147. The molecule has 0 aromatic carbocycles. The average Bonchev–Trinajstić information content (AvgIpc) is 2.61. The first-order valence-corrected chi connectivity index (χ1v) is 9.65. The molecule has 13 nitrogen and oxygen atoms in total. The molecule has 0 rings (SSSR count). The van der Waals surface area contributed by atoms with Gasteiger partial charge in [0, 0.05) is 0 Å². The number of carboxylic acids is 3. The lowest BCUT2D eigenvalue weighted by Gasteiger charge is -2.22. The molecule has 0 aromatic rings. The fourth-order valence-electron chi connectivity index (χ4n) is 1.98. The third kappa shape index (κ3) is 11.5. The number of rotatable bonds is 14. The summed E-state index contributed by atoms with van der Waals surface area (Å²) >= 11 is 1.43. The van der Waals surface area contributed by atoms with Gasteiger partial charge in [-0.2, -0.15) is 11.8 Å². The van der Waals surface area contributed by atoms with Crippen LogP contribution in [0.2, 0.25) is 0 Å². The molecule has 0 heterocycles. The highest BCUT2D eigenvalue weighted by Gasteiger charge is 2.30. The fourth-order valence-corrected chi connectivity index (χ4v) is 2.47. The predicted octanol–water partition coefficient (Wildman–Crippen LogP) is -2.81. The summed E-state index contributed by atoms with van der Waals surface area (Å²) in [5, 5.41) is 32.5. The summed E-state index contributed by atoms with van der Waals surface area (Å²) in [5.74, 6) is -6.77. The molecule has 0 saturated heterocycles. The van der Waals surface area contributed by atoms with Crippen LogP contribution in [0, 0.1) is 0 Å². The van der Waals surface area contributed by atoms with E-state index < -0.39 is 73.1 Å². The number of amides is 3. The molecule has 0 saturated carbocycles. The standard InChI is InChI=1S/C15H24N4O9S/c1-29-3-2-7(16)13(26)18-9(5-11(22)23)15(28)19-8(4-10(20)21)14(27)17-6-12(24)25/h7-9H,2-6,16H2,1H3,(H,17,27)(H,18,26)(H,19,28)(H,20,21)(H,22,23)(H,24,25). The molecule has 0 fully saturated rings. The van der Waals surface area contributed by atoms with Crippen LogP contribution in [-0.4, -0.2) is 87.6 Å². The van der Waals surface area contributed by atoms with E-state index in [-0.39, 0.29) is 6.42 Å². The highest BCUT2D eigenvalue weighted by molar-refractivity contribution is 7.98. The Hall–Kier alpha value is -2.87. The van der Waals surface area contributed by atoms with Gasteiger partial charge in [-0.05, 0) is 18.4 Å². The van der Waals surface area contributed by atoms with Gasteiger partial charge in [0.1, 0.15) is 18.6 Å². The van der Waals surface area contributed by atoms with Gasteiger partial charge < -0.3 is 37.0 Å². The van der Waals surface area contributed by atoms with Crippen LogP contribution in [0.1, 0.15) is 19.3 Å². The predicted molar refractivity (Wildman–Crippen MR) is 100.0 cm³/mol. The normalized spacial score (nSPS) is 13.4. The molecule has 29 heavy (non-hydrogen) atoms. The zero-order valence-electron chi connectivity index (χ0n) is 15.5. The number of thioether (sulfide) groups is 1. The Kier molecular flexibility index (Phi) is 12.0. The van der Waals surface area contributed by atoms with Crippen LogP contribution in [0.4, 0.5) is 0 Å². The van der Waals surface area contributed by atoms with Crippen molar-refractivity contribution in [3.8, 4) is 0 Å². The Morgan fingerprint density at radius 2 is 1.31 bits per heavy atom. The molecule has 0 spiro atoms. The molecule has 3 amide bonds. The van der Waals surface area contributed by atoms with Gasteiger partial charge in [0.2, 0.25) is 17.7 Å². The van der Waals surface area contributed by atoms with Crippen molar-refractivity contribution in [2.75, 3.05) is 18.6 Å². The topological polar surface area (TPSA) is 225 Å². The van der Waals surface area contributed by atoms with Crippen LogP contribution in [0.25, 0.3) is 0 Å². The maximum atomic E-state index is 12.4. The van der Waals surface area contributed by atoms with E-state index in [4.69, 9.17) is 21.1 Å². The van der Waals surface area contributed by atoms with E-state index in [1.807, 2.05) is 10.6 Å². The smallest absolute Gasteiger partial charge is 0.322 e. The Morgan fingerprint density at radius 3 is 1.76 bits per heavy atom. The summed E-state index contributed by atoms with van der Waals surface area (Å²) in [6.45, 7) is -0.815. The molecular formula is C15H24N4O9S. The summed E-state index contributed by atoms with van der Waals surface area (Å²) in [6, 6.07) is -4.30. The van der Waals surface area contributed by atoms with Crippen LogP contribution in [0.5, 0.6) is 0 Å². The van der Waals surface area contributed by atoms with Crippen molar-refractivity contribution in [1.82, 2.24) is 16.0 Å². The van der Waals surface area contributed by atoms with Gasteiger partial charge in [0.15, 0.2) is 0 Å². The second kappa shape index (κ2) is 13.3. The number of nitrogens with one attached hydrogen (secondary N) is 3. The van der Waals surface area contributed by atoms with Crippen LogP contribution in [0.3, 0.4) is 0 Å². The molecule has 8 N–H and O–H groups in total. The minimum absolute atomic E-state index is 0.271. The summed E-state index contributed by atoms with van der Waals surface area (Å²) in [6.07, 6.45) is 0.332. The number of carboxylic acid groups (broad SMARTS) is 3. The number of nitrogens with two attached hydrogens (primary N) is 1. The molecule has 164 valence electrons. The van der Waals surface area contributed by atoms with E-state index in [1.54, 1.807) is 6.26 Å². The van der Waals surface area contributed by atoms with Crippen molar-refractivity contribution in [3.63, 3.8) is 0 Å². The number of aliphatic carboxylic acids is 3. The monoisotopic (exact) mass is 436 g/mol. The molecule has 0 bridgehead atoms. The summed E-state index contributed by atoms with van der Waals surface area (Å²) in [5.41, 5.74) is 5.66. The van der Waals surface area contributed by atoms with E-state index in [9.17, 15) is 28.8 Å². The van der Waals surface area contributed by atoms with Crippen molar-refractivity contribution in [3.05, 3.63) is 0 Å². The molecule has 0 aliphatic carbocycles. The maximum absolute atomic E-state index is 12.4. The molecule has 3 atom stereocenters. The van der Waals surface area contributed by atoms with Crippen LogP contribution in [-0.2, 0) is 28.8 Å². The van der Waals surface area contributed by atoms with E-state index in [0.29, 0.717) is 5.75 Å². The Bertz CT molecular complexity index is 643. The van der Waals surface area contributed by atoms with E-state index in [0.717, 1.165) is 0 Å². The van der Waals surface area contributed by atoms with Crippen LogP contribution < -0.4 is 21.7 Å². The number of hydrogen-bond donors (Lipinski definition) is 7. The second-order valence-corrected chi connectivity index (χ2v) is 6.80. The SMILES string of the molecule is CSCCC(N)C(=O)NC(CC(=O)O)C(=O)NC(CC(=O)O)C(=O)NCC(=O)O. The fraction of sp³-hybridized carbons (Fsp3) is 0.600. The summed E-state index contributed by atoms with van der Waals surface area (Å²) < 4.78 is 0. The highest BCUT2D eigenvalue weighted by Crippen LogP contribution is 2.02. The molecule has 0 radical (unpaired) electrons. The number of carbonyl (C=O) groups is 6. The van der Waals surface area contributed by atoms with Crippen molar-refractivity contribution < 1.29 is 44.1 Å². The second-order valence-electron chi connectivity index (χ2n) is 5.82. The van der Waals surface area contributed by atoms with Crippen LogP contribution in [0.15, 0.2) is 0 Å². The van der Waals surface area contributed by atoms with Gasteiger partial charge in [-0.25, -0.2) is 0 Å². The molecule has 0 aliphatic rings. The van der Waals surface area contributed by atoms with Crippen LogP contribution >= 0.6 is 11.8 Å². The lowest BCUT2D eigenvalue weighted by molar-refractivity contribution is -0.143. The lowest BCUT2D eigenvalue weighted by Crippen LogP contribution is -2.57. The Morgan fingerprint density at radius 1 is 0.828 bits per heavy atom. The minimum Gasteiger partial charge on any atom is -0.481 e. The summed E-state index contributed by atoms with van der Waals surface area (Å²) in [4.78, 5) is 68.8. The zero-order valence-corrected chi connectivity index (χ0v) is 16.4. The highest BCUT2D eigenvalue weighted by atomic mass is 32.2. The first-order valence-electron chi connectivity index (χ1n) is 8.26. The Labute approximate surface area is 169 Å². The van der Waals surface area contributed by atoms with Gasteiger partial charge in [0.05, 0.1) is 18.9 Å². The van der Waals surface area contributed by atoms with Crippen molar-refractivity contribution in [2.45, 2.75) is 37.4 Å². The first kappa shape index (κ1) is 26.1. The summed E-state index contributed by atoms with van der Waals surface area (Å²) in [7, 11) is 0. The van der Waals surface area contributed by atoms with Gasteiger partial charge in [-0.3, -0.25) is 28.8 Å². The van der Waals surface area contributed by atoms with Gasteiger partial charge >= 0.3 is 17.9 Å². The number of hydrogen-bond acceptors (Lipinski definition) is 8. The third-order valence-electron chi connectivity index (χ3n) is 3.41. The van der Waals surface area contributed by atoms with Crippen molar-refractivity contribution in [2.24, 2.45) is 5.73 Å². The van der Waals surface area contributed by atoms with E-state index in [1.165, 1.54) is 11.8 Å². The molecule has 14 heteroatoms. The molecule has 3 unspecified atom stereocenters. The van der Waals surface area contributed by atoms with Gasteiger partial charge in [-0.15, -0.1) is 0 Å². The third-order valence-corrected chi connectivity index (χ3v) is 4.05. The molecule has 0 aromatic heterocycles. The minimum atomic E-state index is -1.68. The van der Waals surface area contributed by atoms with Gasteiger partial charge in [0.25, 0.3) is 0 Å². The number of carbonyl (C=O) groups excluding carboxylic acids is 3.